The van der Waals surface area contributed by atoms with E-state index >= 15 is 0 Å². The van der Waals surface area contributed by atoms with Crippen LogP contribution >= 0.6 is 23.2 Å². The molecule has 0 bridgehead atoms. The molecule has 1 fully saturated rings. The highest BCUT2D eigenvalue weighted by Gasteiger charge is 2.28. The third kappa shape index (κ3) is 3.50. The lowest BCUT2D eigenvalue weighted by Crippen LogP contribution is -2.10. The number of fused-ring (bicyclic) bond motifs is 1. The molecule has 4 rings (SSSR count). The van der Waals surface area contributed by atoms with Crippen molar-refractivity contribution in [1.29, 1.82) is 0 Å². The van der Waals surface area contributed by atoms with Crippen molar-refractivity contribution in [3.63, 3.8) is 0 Å². The summed E-state index contributed by atoms with van der Waals surface area (Å²) < 4.78 is 0. The number of hydrogen-bond donors (Lipinski definition) is 2. The zero-order chi connectivity index (χ0) is 17.4. The van der Waals surface area contributed by atoms with Crippen LogP contribution in [0.15, 0.2) is 30.5 Å². The van der Waals surface area contributed by atoms with Gasteiger partial charge in [0.25, 0.3) is 0 Å². The standard InChI is InChI=1S/C17H13Cl2N5O/c18-10-7-13(15(20-8-10)9-1-2-9)22-14(25)6-4-11-3-5-12-16(19)23-24-17(12)21-11/h3-9H,1-2H2,(H,22,25)(H,21,23,24)/b6-4+. The van der Waals surface area contributed by atoms with Crippen LogP contribution in [0.4, 0.5) is 5.69 Å². The summed E-state index contributed by atoms with van der Waals surface area (Å²) in [6, 6.07) is 5.30. The van der Waals surface area contributed by atoms with Crippen molar-refractivity contribution in [3.8, 4) is 0 Å². The van der Waals surface area contributed by atoms with E-state index in [1.165, 1.54) is 6.08 Å². The second-order valence-corrected chi connectivity index (χ2v) is 6.64. The van der Waals surface area contributed by atoms with Crippen LogP contribution in [-0.4, -0.2) is 26.1 Å². The van der Waals surface area contributed by atoms with Crippen molar-refractivity contribution in [2.45, 2.75) is 18.8 Å². The normalized spacial score (nSPS) is 14.3. The third-order valence-electron chi connectivity index (χ3n) is 3.91. The topological polar surface area (TPSA) is 83.6 Å². The summed E-state index contributed by atoms with van der Waals surface area (Å²) in [5.41, 5.74) is 2.66. The van der Waals surface area contributed by atoms with Gasteiger partial charge in [-0.15, -0.1) is 0 Å². The maximum atomic E-state index is 12.2. The first kappa shape index (κ1) is 16.1. The fourth-order valence-corrected chi connectivity index (χ4v) is 2.89. The van der Waals surface area contributed by atoms with Gasteiger partial charge in [0.1, 0.15) is 5.15 Å². The van der Waals surface area contributed by atoms with Crippen molar-refractivity contribution < 1.29 is 4.79 Å². The molecule has 0 radical (unpaired) electrons. The largest absolute Gasteiger partial charge is 0.321 e. The molecule has 3 heterocycles. The van der Waals surface area contributed by atoms with Crippen molar-refractivity contribution in [3.05, 3.63) is 52.0 Å². The van der Waals surface area contributed by atoms with E-state index in [4.69, 9.17) is 23.2 Å². The number of nitrogens with one attached hydrogen (secondary N) is 2. The molecule has 6 nitrogen and oxygen atoms in total. The van der Waals surface area contributed by atoms with Crippen LogP contribution < -0.4 is 5.32 Å². The zero-order valence-corrected chi connectivity index (χ0v) is 14.5. The second kappa shape index (κ2) is 6.46. The molecule has 1 saturated carbocycles. The first-order valence-electron chi connectivity index (χ1n) is 7.75. The molecular weight excluding hydrogens is 361 g/mol. The average molecular weight is 374 g/mol. The van der Waals surface area contributed by atoms with Crippen LogP contribution in [0.3, 0.4) is 0 Å². The summed E-state index contributed by atoms with van der Waals surface area (Å²) in [6.07, 6.45) is 6.81. The Balaban J connectivity index is 1.51. The van der Waals surface area contributed by atoms with Gasteiger partial charge < -0.3 is 5.32 Å². The number of rotatable bonds is 4. The van der Waals surface area contributed by atoms with Gasteiger partial charge in [0.15, 0.2) is 5.65 Å². The molecule has 0 atom stereocenters. The second-order valence-electron chi connectivity index (χ2n) is 5.83. The van der Waals surface area contributed by atoms with Gasteiger partial charge in [0.05, 0.1) is 27.5 Å². The Morgan fingerprint density at radius 3 is 2.96 bits per heavy atom. The smallest absolute Gasteiger partial charge is 0.248 e. The van der Waals surface area contributed by atoms with Crippen LogP contribution in [0.5, 0.6) is 0 Å². The molecule has 3 aromatic rings. The van der Waals surface area contributed by atoms with E-state index in [1.54, 1.807) is 30.5 Å². The zero-order valence-electron chi connectivity index (χ0n) is 13.0. The molecule has 1 aliphatic rings. The minimum atomic E-state index is -0.270. The quantitative estimate of drug-likeness (QED) is 0.671. The molecule has 0 aliphatic heterocycles. The minimum absolute atomic E-state index is 0.270. The van der Waals surface area contributed by atoms with Crippen LogP contribution in [-0.2, 0) is 4.79 Å². The Morgan fingerprint density at radius 2 is 2.16 bits per heavy atom. The molecule has 0 saturated heterocycles. The number of H-pyrrole nitrogens is 1. The highest BCUT2D eigenvalue weighted by Crippen LogP contribution is 2.42. The molecule has 2 N–H and O–H groups in total. The van der Waals surface area contributed by atoms with E-state index in [-0.39, 0.29) is 5.91 Å². The molecule has 1 aliphatic carbocycles. The summed E-state index contributed by atoms with van der Waals surface area (Å²) >= 11 is 11.9. The van der Waals surface area contributed by atoms with E-state index in [0.29, 0.717) is 33.1 Å². The van der Waals surface area contributed by atoms with E-state index < -0.39 is 0 Å². The Bertz CT molecular complexity index is 994. The Morgan fingerprint density at radius 1 is 1.32 bits per heavy atom. The van der Waals surface area contributed by atoms with E-state index in [2.05, 4.69) is 25.5 Å². The summed E-state index contributed by atoms with van der Waals surface area (Å²) in [4.78, 5) is 20.9. The molecule has 0 spiro atoms. The van der Waals surface area contributed by atoms with Crippen LogP contribution in [0.25, 0.3) is 17.1 Å². The van der Waals surface area contributed by atoms with Crippen LogP contribution in [0, 0.1) is 0 Å². The van der Waals surface area contributed by atoms with Crippen LogP contribution in [0.2, 0.25) is 10.2 Å². The highest BCUT2D eigenvalue weighted by atomic mass is 35.5. The number of aromatic amines is 1. The first-order valence-corrected chi connectivity index (χ1v) is 8.51. The fraction of sp³-hybridized carbons (Fsp3) is 0.176. The number of carbonyl (C=O) groups excluding carboxylic acids is 1. The average Bonchev–Trinajstić information content (AvgIpc) is 3.37. The fourth-order valence-electron chi connectivity index (χ4n) is 2.54. The van der Waals surface area contributed by atoms with E-state index in [0.717, 1.165) is 23.9 Å². The molecule has 0 aromatic carbocycles. The predicted octanol–water partition coefficient (Wildman–Crippen LogP) is 4.19. The summed E-state index contributed by atoms with van der Waals surface area (Å²) in [5, 5.41) is 11.2. The van der Waals surface area contributed by atoms with Gasteiger partial charge in [-0.2, -0.15) is 5.10 Å². The number of nitrogens with zero attached hydrogens (tertiary/aromatic N) is 3. The molecular formula is C17H13Cl2N5O. The maximum Gasteiger partial charge on any atom is 0.248 e. The third-order valence-corrected chi connectivity index (χ3v) is 4.40. The maximum absolute atomic E-state index is 12.2. The number of halogens is 2. The van der Waals surface area contributed by atoms with Gasteiger partial charge in [-0.25, -0.2) is 4.98 Å². The van der Waals surface area contributed by atoms with Crippen LogP contribution in [0.1, 0.15) is 30.1 Å². The highest BCUT2D eigenvalue weighted by molar-refractivity contribution is 6.34. The number of carbonyl (C=O) groups is 1. The number of hydrogen-bond acceptors (Lipinski definition) is 4. The molecule has 25 heavy (non-hydrogen) atoms. The Hall–Kier alpha value is -2.44. The number of aromatic nitrogens is 4. The lowest BCUT2D eigenvalue weighted by atomic mass is 10.2. The summed E-state index contributed by atoms with van der Waals surface area (Å²) in [6.45, 7) is 0. The van der Waals surface area contributed by atoms with Crippen molar-refractivity contribution in [1.82, 2.24) is 20.2 Å². The van der Waals surface area contributed by atoms with Crippen molar-refractivity contribution in [2.75, 3.05) is 5.32 Å². The van der Waals surface area contributed by atoms with Gasteiger partial charge in [-0.05, 0) is 37.1 Å². The van der Waals surface area contributed by atoms with Gasteiger partial charge in [-0.3, -0.25) is 14.9 Å². The van der Waals surface area contributed by atoms with Gasteiger partial charge in [0.2, 0.25) is 5.91 Å². The molecule has 8 heteroatoms. The van der Waals surface area contributed by atoms with Crippen molar-refractivity contribution >= 4 is 51.9 Å². The van der Waals surface area contributed by atoms with E-state index in [1.807, 2.05) is 0 Å². The van der Waals surface area contributed by atoms with Gasteiger partial charge >= 0.3 is 0 Å². The predicted molar refractivity (Wildman–Crippen MR) is 97.8 cm³/mol. The SMILES string of the molecule is O=C(/C=C/c1ccc2c(Cl)[nH]nc2n1)Nc1cc(Cl)cnc1C1CC1. The number of amides is 1. The summed E-state index contributed by atoms with van der Waals surface area (Å²) in [5.74, 6) is 0.137. The van der Waals surface area contributed by atoms with Crippen molar-refractivity contribution in [2.24, 2.45) is 0 Å². The molecule has 3 aromatic heterocycles. The van der Waals surface area contributed by atoms with Gasteiger partial charge in [-0.1, -0.05) is 23.2 Å². The van der Waals surface area contributed by atoms with Gasteiger partial charge in [0, 0.05) is 18.2 Å². The molecule has 1 amide bonds. The first-order chi connectivity index (χ1) is 12.1. The number of anilines is 1. The Kier molecular flexibility index (Phi) is 4.15. The molecule has 126 valence electrons. The minimum Gasteiger partial charge on any atom is -0.321 e. The molecule has 0 unspecified atom stereocenters. The monoisotopic (exact) mass is 373 g/mol. The lowest BCUT2D eigenvalue weighted by molar-refractivity contribution is -0.111. The number of pyridine rings is 2. The summed E-state index contributed by atoms with van der Waals surface area (Å²) in [7, 11) is 0. The Labute approximate surface area is 153 Å². The van der Waals surface area contributed by atoms with E-state index in [9.17, 15) is 4.79 Å². The lowest BCUT2D eigenvalue weighted by Gasteiger charge is -2.08.